The molecule has 0 aliphatic heterocycles. The summed E-state index contributed by atoms with van der Waals surface area (Å²) in [5.74, 6) is -0.330. The molecule has 9 nitrogen and oxygen atoms in total. The minimum absolute atomic E-state index is 0.0928. The summed E-state index contributed by atoms with van der Waals surface area (Å²) in [6.07, 6.45) is 1.53. The molecular formula is C19H21N7O2. The number of aromatic nitrogens is 4. The Morgan fingerprint density at radius 3 is 2.61 bits per heavy atom. The number of carbonyl (C=O) groups is 2. The average molecular weight is 379 g/mol. The Balaban J connectivity index is 1.60. The zero-order valence-corrected chi connectivity index (χ0v) is 15.9. The van der Waals surface area contributed by atoms with Crippen molar-refractivity contribution in [2.24, 2.45) is 0 Å². The molecule has 0 unspecified atom stereocenters. The number of aryl methyl sites for hydroxylation is 1. The molecule has 0 atom stereocenters. The van der Waals surface area contributed by atoms with Crippen LogP contribution < -0.4 is 10.6 Å². The lowest BCUT2D eigenvalue weighted by Crippen LogP contribution is -2.23. The van der Waals surface area contributed by atoms with Gasteiger partial charge in [-0.3, -0.25) is 9.59 Å². The molecule has 1 heterocycles. The molecule has 0 fully saturated rings. The van der Waals surface area contributed by atoms with Gasteiger partial charge in [-0.2, -0.15) is 0 Å². The van der Waals surface area contributed by atoms with E-state index in [9.17, 15) is 9.59 Å². The van der Waals surface area contributed by atoms with Gasteiger partial charge in [-0.25, -0.2) is 4.68 Å². The summed E-state index contributed by atoms with van der Waals surface area (Å²) in [6.45, 7) is 2.03. The second-order valence-corrected chi connectivity index (χ2v) is 6.44. The van der Waals surface area contributed by atoms with E-state index in [2.05, 4.69) is 26.2 Å². The molecule has 0 saturated heterocycles. The Morgan fingerprint density at radius 1 is 1.11 bits per heavy atom. The molecule has 2 N–H and O–H groups in total. The van der Waals surface area contributed by atoms with E-state index >= 15 is 0 Å². The van der Waals surface area contributed by atoms with E-state index < -0.39 is 0 Å². The molecule has 2 aromatic carbocycles. The van der Waals surface area contributed by atoms with Gasteiger partial charge in [-0.15, -0.1) is 5.10 Å². The third kappa shape index (κ3) is 4.50. The van der Waals surface area contributed by atoms with Crippen molar-refractivity contribution in [3.63, 3.8) is 0 Å². The molecule has 0 bridgehead atoms. The summed E-state index contributed by atoms with van der Waals surface area (Å²) in [5.41, 5.74) is 3.73. The maximum Gasteiger partial charge on any atom is 0.253 e. The van der Waals surface area contributed by atoms with Crippen LogP contribution in [0.15, 0.2) is 48.8 Å². The van der Waals surface area contributed by atoms with Gasteiger partial charge in [-0.1, -0.05) is 6.07 Å². The van der Waals surface area contributed by atoms with Crippen LogP contribution in [0.1, 0.15) is 15.9 Å². The van der Waals surface area contributed by atoms with Crippen LogP contribution in [-0.2, 0) is 4.79 Å². The monoisotopic (exact) mass is 379 g/mol. The summed E-state index contributed by atoms with van der Waals surface area (Å²) >= 11 is 0. The van der Waals surface area contributed by atoms with Crippen molar-refractivity contribution in [3.8, 4) is 5.69 Å². The van der Waals surface area contributed by atoms with E-state index in [0.717, 1.165) is 16.9 Å². The van der Waals surface area contributed by atoms with Gasteiger partial charge in [0.15, 0.2) is 0 Å². The molecule has 2 amide bonds. The number of anilines is 2. The average Bonchev–Trinajstić information content (AvgIpc) is 3.20. The first kappa shape index (κ1) is 19.0. The van der Waals surface area contributed by atoms with Gasteiger partial charge < -0.3 is 15.5 Å². The Hall–Kier alpha value is -3.75. The van der Waals surface area contributed by atoms with Gasteiger partial charge in [-0.05, 0) is 59.3 Å². The largest absolute Gasteiger partial charge is 0.376 e. The highest BCUT2D eigenvalue weighted by Crippen LogP contribution is 2.18. The molecular weight excluding hydrogens is 358 g/mol. The third-order valence-corrected chi connectivity index (χ3v) is 4.05. The van der Waals surface area contributed by atoms with Crippen molar-refractivity contribution in [1.82, 2.24) is 25.1 Å². The van der Waals surface area contributed by atoms with E-state index in [0.29, 0.717) is 11.3 Å². The molecule has 0 spiro atoms. The van der Waals surface area contributed by atoms with E-state index in [1.165, 1.54) is 11.2 Å². The molecule has 28 heavy (non-hydrogen) atoms. The lowest BCUT2D eigenvalue weighted by atomic mass is 10.1. The van der Waals surface area contributed by atoms with E-state index in [-0.39, 0.29) is 18.4 Å². The van der Waals surface area contributed by atoms with Crippen molar-refractivity contribution in [2.75, 3.05) is 31.3 Å². The van der Waals surface area contributed by atoms with Crippen LogP contribution in [0.3, 0.4) is 0 Å². The Kier molecular flexibility index (Phi) is 5.64. The van der Waals surface area contributed by atoms with Crippen LogP contribution in [0.25, 0.3) is 5.69 Å². The lowest BCUT2D eigenvalue weighted by Gasteiger charge is -2.12. The highest BCUT2D eigenvalue weighted by Gasteiger charge is 2.10. The van der Waals surface area contributed by atoms with E-state index in [1.54, 1.807) is 43.0 Å². The van der Waals surface area contributed by atoms with Gasteiger partial charge in [0.25, 0.3) is 5.91 Å². The second-order valence-electron chi connectivity index (χ2n) is 6.44. The van der Waals surface area contributed by atoms with Gasteiger partial charge in [0, 0.05) is 31.0 Å². The normalized spacial score (nSPS) is 10.4. The van der Waals surface area contributed by atoms with Gasteiger partial charge >= 0.3 is 0 Å². The Bertz CT molecular complexity index is 984. The Labute approximate surface area is 162 Å². The van der Waals surface area contributed by atoms with Gasteiger partial charge in [0.05, 0.1) is 12.2 Å². The van der Waals surface area contributed by atoms with Crippen molar-refractivity contribution in [3.05, 3.63) is 59.9 Å². The predicted molar refractivity (Wildman–Crippen MR) is 105 cm³/mol. The van der Waals surface area contributed by atoms with Crippen LogP contribution in [-0.4, -0.2) is 57.6 Å². The number of hydrogen-bond acceptors (Lipinski definition) is 6. The molecule has 3 aromatic rings. The molecule has 0 aliphatic rings. The lowest BCUT2D eigenvalue weighted by molar-refractivity contribution is -0.114. The fourth-order valence-electron chi connectivity index (χ4n) is 2.67. The fraction of sp³-hybridized carbons (Fsp3) is 0.211. The van der Waals surface area contributed by atoms with Crippen molar-refractivity contribution in [1.29, 1.82) is 0 Å². The molecule has 9 heteroatoms. The first-order valence-corrected chi connectivity index (χ1v) is 8.63. The van der Waals surface area contributed by atoms with Crippen molar-refractivity contribution >= 4 is 23.2 Å². The second kappa shape index (κ2) is 8.30. The van der Waals surface area contributed by atoms with Crippen LogP contribution in [0.5, 0.6) is 0 Å². The first-order valence-electron chi connectivity index (χ1n) is 8.63. The number of amides is 2. The standard InChI is InChI=1S/C19H21N7O2/c1-13-9-15(7-8-17(13)26-12-21-23-24-26)20-11-18(27)22-16-6-4-5-14(10-16)19(28)25(2)3/h4-10,12,20H,11H2,1-3H3,(H,22,27). The van der Waals surface area contributed by atoms with Crippen LogP contribution in [0, 0.1) is 6.92 Å². The van der Waals surface area contributed by atoms with Crippen LogP contribution >= 0.6 is 0 Å². The number of rotatable bonds is 6. The van der Waals surface area contributed by atoms with Crippen molar-refractivity contribution in [2.45, 2.75) is 6.92 Å². The van der Waals surface area contributed by atoms with E-state index in [1.807, 2.05) is 25.1 Å². The van der Waals surface area contributed by atoms with Crippen LogP contribution in [0.2, 0.25) is 0 Å². The number of nitrogens with zero attached hydrogens (tertiary/aromatic N) is 5. The smallest absolute Gasteiger partial charge is 0.253 e. The number of carbonyl (C=O) groups excluding carboxylic acids is 2. The summed E-state index contributed by atoms with van der Waals surface area (Å²) in [5, 5.41) is 17.0. The number of nitrogens with one attached hydrogen (secondary N) is 2. The molecule has 0 aliphatic carbocycles. The highest BCUT2D eigenvalue weighted by molar-refractivity contribution is 5.97. The van der Waals surface area contributed by atoms with Gasteiger partial charge in [0.1, 0.15) is 6.33 Å². The van der Waals surface area contributed by atoms with Crippen molar-refractivity contribution < 1.29 is 9.59 Å². The number of tetrazole rings is 1. The fourth-order valence-corrected chi connectivity index (χ4v) is 2.67. The predicted octanol–water partition coefficient (Wildman–Crippen LogP) is 1.72. The molecule has 144 valence electrons. The maximum absolute atomic E-state index is 12.2. The summed E-state index contributed by atoms with van der Waals surface area (Å²) in [7, 11) is 3.37. The summed E-state index contributed by atoms with van der Waals surface area (Å²) in [4.78, 5) is 25.8. The molecule has 3 rings (SSSR count). The third-order valence-electron chi connectivity index (χ3n) is 4.05. The molecule has 1 aromatic heterocycles. The van der Waals surface area contributed by atoms with E-state index in [4.69, 9.17) is 0 Å². The Morgan fingerprint density at radius 2 is 1.93 bits per heavy atom. The summed E-state index contributed by atoms with van der Waals surface area (Å²) < 4.78 is 1.58. The maximum atomic E-state index is 12.2. The topological polar surface area (TPSA) is 105 Å². The zero-order chi connectivity index (χ0) is 20.1. The minimum Gasteiger partial charge on any atom is -0.376 e. The zero-order valence-electron chi connectivity index (χ0n) is 15.9. The molecule has 0 radical (unpaired) electrons. The quantitative estimate of drug-likeness (QED) is 0.676. The van der Waals surface area contributed by atoms with Gasteiger partial charge in [0.2, 0.25) is 5.91 Å². The first-order chi connectivity index (χ1) is 13.4. The molecule has 0 saturated carbocycles. The highest BCUT2D eigenvalue weighted by atomic mass is 16.2. The number of hydrogen-bond donors (Lipinski definition) is 2. The van der Waals surface area contributed by atoms with Crippen LogP contribution in [0.4, 0.5) is 11.4 Å². The minimum atomic E-state index is -0.211. The summed E-state index contributed by atoms with van der Waals surface area (Å²) in [6, 6.07) is 12.5. The SMILES string of the molecule is Cc1cc(NCC(=O)Nc2cccc(C(=O)N(C)C)c2)ccc1-n1cnnn1. The number of benzene rings is 2.